The molecule has 0 aromatic rings. The fourth-order valence-electron chi connectivity index (χ4n) is 6.32. The molecule has 0 aromatic heterocycles. The molecular weight excluding hydrogens is 272 g/mol. The van der Waals surface area contributed by atoms with Gasteiger partial charge in [-0.3, -0.25) is 0 Å². The molecule has 122 valence electrons. The molecule has 3 fully saturated rings. The summed E-state index contributed by atoms with van der Waals surface area (Å²) in [5.41, 5.74) is 4.94. The molecule has 4 aliphatic rings. The van der Waals surface area contributed by atoms with Gasteiger partial charge in [0.25, 0.3) is 0 Å². The molecule has 2 nitrogen and oxygen atoms in total. The van der Waals surface area contributed by atoms with Crippen molar-refractivity contribution in [2.24, 2.45) is 22.7 Å². The highest BCUT2D eigenvalue weighted by Crippen LogP contribution is 2.64. The van der Waals surface area contributed by atoms with E-state index in [1.54, 1.807) is 5.57 Å². The number of aliphatic hydroxyl groups is 2. The van der Waals surface area contributed by atoms with Crippen LogP contribution in [-0.4, -0.2) is 22.4 Å². The van der Waals surface area contributed by atoms with Gasteiger partial charge in [-0.1, -0.05) is 36.6 Å². The van der Waals surface area contributed by atoms with Crippen LogP contribution >= 0.6 is 0 Å². The van der Waals surface area contributed by atoms with Crippen LogP contribution in [0.3, 0.4) is 0 Å². The summed E-state index contributed by atoms with van der Waals surface area (Å²) < 4.78 is 0. The van der Waals surface area contributed by atoms with E-state index in [4.69, 9.17) is 0 Å². The molecular formula is C20H30O2. The predicted molar refractivity (Wildman–Crippen MR) is 88.3 cm³/mol. The summed E-state index contributed by atoms with van der Waals surface area (Å²) in [5.74, 6) is 1.21. The highest BCUT2D eigenvalue weighted by atomic mass is 16.3. The Morgan fingerprint density at radius 2 is 1.77 bits per heavy atom. The summed E-state index contributed by atoms with van der Waals surface area (Å²) >= 11 is 0. The SMILES string of the molecule is CC1=C2[C@@H](CC[C@]3(C)C(O)CC[C@@H]23)[C@@]2(C)CCC(O)CC2=C1. The number of allylic oxidation sites excluding steroid dienone is 3. The van der Waals surface area contributed by atoms with E-state index < -0.39 is 0 Å². The highest BCUT2D eigenvalue weighted by molar-refractivity contribution is 5.43. The Labute approximate surface area is 134 Å². The second kappa shape index (κ2) is 4.70. The average molecular weight is 302 g/mol. The van der Waals surface area contributed by atoms with Gasteiger partial charge >= 0.3 is 0 Å². The summed E-state index contributed by atoms with van der Waals surface area (Å²) in [6.45, 7) is 7.03. The van der Waals surface area contributed by atoms with Crippen LogP contribution in [0, 0.1) is 22.7 Å². The van der Waals surface area contributed by atoms with Crippen molar-refractivity contribution in [2.45, 2.75) is 77.9 Å². The van der Waals surface area contributed by atoms with Gasteiger partial charge < -0.3 is 10.2 Å². The van der Waals surface area contributed by atoms with Crippen LogP contribution in [0.5, 0.6) is 0 Å². The zero-order valence-electron chi connectivity index (χ0n) is 14.2. The van der Waals surface area contributed by atoms with E-state index in [1.807, 2.05) is 0 Å². The normalized spacial score (nSPS) is 51.0. The lowest BCUT2D eigenvalue weighted by Gasteiger charge is -2.55. The van der Waals surface area contributed by atoms with Crippen molar-refractivity contribution in [3.63, 3.8) is 0 Å². The van der Waals surface area contributed by atoms with Gasteiger partial charge in [-0.2, -0.15) is 0 Å². The minimum atomic E-state index is -0.143. The molecule has 0 aromatic carbocycles. The van der Waals surface area contributed by atoms with Crippen LogP contribution < -0.4 is 0 Å². The lowest BCUT2D eigenvalue weighted by Crippen LogP contribution is -2.47. The predicted octanol–water partition coefficient (Wildman–Crippen LogP) is 3.98. The van der Waals surface area contributed by atoms with Gasteiger partial charge in [0.2, 0.25) is 0 Å². The second-order valence-electron chi connectivity index (χ2n) is 8.86. The molecule has 2 unspecified atom stereocenters. The molecule has 0 radical (unpaired) electrons. The third kappa shape index (κ3) is 1.80. The molecule has 2 N–H and O–H groups in total. The van der Waals surface area contributed by atoms with Crippen molar-refractivity contribution in [2.75, 3.05) is 0 Å². The first-order valence-corrected chi connectivity index (χ1v) is 9.14. The van der Waals surface area contributed by atoms with Crippen molar-refractivity contribution in [1.29, 1.82) is 0 Å². The first-order chi connectivity index (χ1) is 10.4. The van der Waals surface area contributed by atoms with Crippen LogP contribution in [-0.2, 0) is 0 Å². The van der Waals surface area contributed by atoms with Gasteiger partial charge in [-0.25, -0.2) is 0 Å². The van der Waals surface area contributed by atoms with E-state index in [0.29, 0.717) is 11.8 Å². The molecule has 0 saturated heterocycles. The van der Waals surface area contributed by atoms with E-state index in [1.165, 1.54) is 17.6 Å². The zero-order valence-corrected chi connectivity index (χ0v) is 14.2. The number of hydrogen-bond donors (Lipinski definition) is 2. The lowest BCUT2D eigenvalue weighted by molar-refractivity contribution is 0.000725. The maximum atomic E-state index is 10.5. The number of aliphatic hydroxyl groups excluding tert-OH is 2. The zero-order chi connectivity index (χ0) is 15.7. The summed E-state index contributed by atoms with van der Waals surface area (Å²) in [4.78, 5) is 0. The summed E-state index contributed by atoms with van der Waals surface area (Å²) in [7, 11) is 0. The molecule has 0 aliphatic heterocycles. The minimum Gasteiger partial charge on any atom is -0.393 e. The van der Waals surface area contributed by atoms with Crippen LogP contribution in [0.4, 0.5) is 0 Å². The smallest absolute Gasteiger partial charge is 0.0599 e. The largest absolute Gasteiger partial charge is 0.393 e. The van der Waals surface area contributed by atoms with Crippen molar-refractivity contribution >= 4 is 0 Å². The first-order valence-electron chi connectivity index (χ1n) is 9.14. The number of fused-ring (bicyclic) bond motifs is 5. The van der Waals surface area contributed by atoms with E-state index in [0.717, 1.165) is 38.5 Å². The van der Waals surface area contributed by atoms with Gasteiger partial charge in [0.15, 0.2) is 0 Å². The first kappa shape index (κ1) is 15.0. The van der Waals surface area contributed by atoms with Crippen molar-refractivity contribution in [1.82, 2.24) is 0 Å². The van der Waals surface area contributed by atoms with E-state index in [2.05, 4.69) is 26.8 Å². The van der Waals surface area contributed by atoms with Gasteiger partial charge in [0.05, 0.1) is 12.2 Å². The summed E-state index contributed by atoms with van der Waals surface area (Å²) in [6, 6.07) is 0. The van der Waals surface area contributed by atoms with Crippen LogP contribution in [0.2, 0.25) is 0 Å². The quantitative estimate of drug-likeness (QED) is 0.710. The van der Waals surface area contributed by atoms with Crippen LogP contribution in [0.25, 0.3) is 0 Å². The Morgan fingerprint density at radius 3 is 2.55 bits per heavy atom. The molecule has 4 rings (SSSR count). The Balaban J connectivity index is 1.80. The molecule has 0 heterocycles. The van der Waals surface area contributed by atoms with Crippen molar-refractivity contribution < 1.29 is 10.2 Å². The summed E-state index contributed by atoms with van der Waals surface area (Å²) in [5, 5.41) is 20.6. The fourth-order valence-corrected chi connectivity index (χ4v) is 6.32. The topological polar surface area (TPSA) is 40.5 Å². The molecule has 6 atom stereocenters. The Bertz CT molecular complexity index is 560. The van der Waals surface area contributed by atoms with Gasteiger partial charge in [-0.15, -0.1) is 0 Å². The third-order valence-electron chi connectivity index (χ3n) is 7.81. The highest BCUT2D eigenvalue weighted by Gasteiger charge is 2.56. The van der Waals surface area contributed by atoms with Crippen molar-refractivity contribution in [3.8, 4) is 0 Å². The van der Waals surface area contributed by atoms with Gasteiger partial charge in [0, 0.05) is 5.41 Å². The molecule has 22 heavy (non-hydrogen) atoms. The Morgan fingerprint density at radius 1 is 1.00 bits per heavy atom. The number of rotatable bonds is 0. The Hall–Kier alpha value is -0.600. The average Bonchev–Trinajstić information content (AvgIpc) is 2.77. The molecule has 0 spiro atoms. The van der Waals surface area contributed by atoms with Crippen molar-refractivity contribution in [3.05, 3.63) is 22.8 Å². The van der Waals surface area contributed by atoms with Crippen LogP contribution in [0.15, 0.2) is 22.8 Å². The molecule has 0 amide bonds. The van der Waals surface area contributed by atoms with Crippen LogP contribution in [0.1, 0.15) is 65.7 Å². The number of hydrogen-bond acceptors (Lipinski definition) is 2. The third-order valence-corrected chi connectivity index (χ3v) is 7.81. The fraction of sp³-hybridized carbons (Fsp3) is 0.800. The lowest BCUT2D eigenvalue weighted by atomic mass is 9.50. The molecule has 3 saturated carbocycles. The second-order valence-corrected chi connectivity index (χ2v) is 8.86. The molecule has 2 heteroatoms. The van der Waals surface area contributed by atoms with Gasteiger partial charge in [0.1, 0.15) is 0 Å². The Kier molecular flexibility index (Phi) is 3.20. The van der Waals surface area contributed by atoms with Gasteiger partial charge in [-0.05, 0) is 69.1 Å². The minimum absolute atomic E-state index is 0.100. The van der Waals surface area contributed by atoms with E-state index >= 15 is 0 Å². The maximum Gasteiger partial charge on any atom is 0.0599 e. The molecule has 0 bridgehead atoms. The molecule has 4 aliphatic carbocycles. The summed E-state index contributed by atoms with van der Waals surface area (Å²) in [6.07, 6.45) is 9.55. The standard InChI is InChI=1S/C20H30O2/c1-12-10-13-11-14(21)6-8-19(13,2)16-7-9-20(3)15(18(12)16)4-5-17(20)22/h10,14-17,21-22H,4-9,11H2,1-3H3/t14?,15-,16+,17?,19-,20-/m0/s1. The van der Waals surface area contributed by atoms with E-state index in [-0.39, 0.29) is 23.0 Å². The van der Waals surface area contributed by atoms with E-state index in [9.17, 15) is 10.2 Å². The monoisotopic (exact) mass is 302 g/mol. The maximum absolute atomic E-state index is 10.5.